The summed E-state index contributed by atoms with van der Waals surface area (Å²) in [6.45, 7) is -1.62. The van der Waals surface area contributed by atoms with Crippen LogP contribution in [0.1, 0.15) is 35.9 Å². The highest BCUT2D eigenvalue weighted by Gasteiger charge is 2.35. The summed E-state index contributed by atoms with van der Waals surface area (Å²) < 4.78 is 40.2. The zero-order valence-electron chi connectivity index (χ0n) is 18.7. The van der Waals surface area contributed by atoms with Crippen molar-refractivity contribution >= 4 is 23.5 Å². The van der Waals surface area contributed by atoms with Gasteiger partial charge in [-0.25, -0.2) is 9.07 Å². The molecule has 3 aromatic rings. The number of carbonyl (C=O) groups excluding carboxylic acids is 1. The summed E-state index contributed by atoms with van der Waals surface area (Å²) in [6.07, 6.45) is 1.16. The number of aliphatic carboxylic acids is 1. The number of carbonyl (C=O) groups is 2. The maximum Gasteiger partial charge on any atom is 0.333 e. The van der Waals surface area contributed by atoms with E-state index in [1.165, 1.54) is 25.1 Å². The zero-order valence-corrected chi connectivity index (χ0v) is 19.5. The highest BCUT2D eigenvalue weighted by atomic mass is 35.5. The van der Waals surface area contributed by atoms with Crippen LogP contribution in [0.4, 0.5) is 13.2 Å². The molecule has 35 heavy (non-hydrogen) atoms. The van der Waals surface area contributed by atoms with Crippen molar-refractivity contribution in [1.82, 2.24) is 15.1 Å². The fourth-order valence-corrected chi connectivity index (χ4v) is 3.80. The number of carboxylic acid groups (broad SMARTS) is 1. The van der Waals surface area contributed by atoms with Crippen molar-refractivity contribution in [2.45, 2.75) is 32.4 Å². The van der Waals surface area contributed by atoms with E-state index in [1.54, 1.807) is 24.3 Å². The van der Waals surface area contributed by atoms with Crippen LogP contribution in [0.15, 0.2) is 54.7 Å². The third kappa shape index (κ3) is 6.40. The molecule has 2 unspecified atom stereocenters. The summed E-state index contributed by atoms with van der Waals surface area (Å²) in [4.78, 5) is 24.5. The Labute approximate surface area is 204 Å². The Morgan fingerprint density at radius 3 is 2.46 bits per heavy atom. The number of hydrogen-bond donors (Lipinski definition) is 3. The summed E-state index contributed by atoms with van der Waals surface area (Å²) in [5, 5.41) is 16.3. The number of halogens is 4. The third-order valence-corrected chi connectivity index (χ3v) is 5.95. The minimum atomic E-state index is -2.90. The van der Waals surface area contributed by atoms with E-state index in [4.69, 9.17) is 17.3 Å². The van der Waals surface area contributed by atoms with Crippen molar-refractivity contribution < 1.29 is 27.9 Å². The molecule has 0 radical (unpaired) electrons. The monoisotopic (exact) mass is 508 g/mol. The van der Waals surface area contributed by atoms with Crippen LogP contribution in [0.2, 0.25) is 5.02 Å². The Morgan fingerprint density at radius 1 is 1.20 bits per heavy atom. The number of carboxylic acids is 1. The lowest BCUT2D eigenvalue weighted by Gasteiger charge is -2.29. The SMILES string of the molecule is CC(CN)(CC(Cc1ccc(-c2cc(Cl)ccc2F)cc1)NC(=O)c1ccn(C(F)F)n1)C(=O)O. The van der Waals surface area contributed by atoms with Gasteiger partial charge in [0.25, 0.3) is 5.91 Å². The van der Waals surface area contributed by atoms with Crippen molar-refractivity contribution in [3.8, 4) is 11.1 Å². The summed E-state index contributed by atoms with van der Waals surface area (Å²) in [6, 6.07) is 11.5. The highest BCUT2D eigenvalue weighted by Crippen LogP contribution is 2.28. The second-order valence-electron chi connectivity index (χ2n) is 8.43. The van der Waals surface area contributed by atoms with Gasteiger partial charge in [-0.05, 0) is 55.2 Å². The van der Waals surface area contributed by atoms with Crippen LogP contribution in [0.3, 0.4) is 0 Å². The standard InChI is InChI=1S/C24H24ClF3N4O3/c1-24(13-29,22(34)35)12-17(30-21(33)20-8-9-32(31-20)23(27)28)10-14-2-4-15(5-3-14)18-11-16(25)6-7-19(18)26/h2-9,11,17,23H,10,12-13,29H2,1H3,(H,30,33)(H,34,35). The number of alkyl halides is 2. The van der Waals surface area contributed by atoms with Crippen molar-refractivity contribution in [3.63, 3.8) is 0 Å². The molecular weight excluding hydrogens is 485 g/mol. The van der Waals surface area contributed by atoms with Gasteiger partial charge in [-0.1, -0.05) is 35.9 Å². The minimum Gasteiger partial charge on any atom is -0.481 e. The van der Waals surface area contributed by atoms with Crippen LogP contribution in [-0.2, 0) is 11.2 Å². The summed E-state index contributed by atoms with van der Waals surface area (Å²) in [5.74, 6) is -2.29. The van der Waals surface area contributed by atoms with Crippen LogP contribution in [0, 0.1) is 11.2 Å². The second-order valence-corrected chi connectivity index (χ2v) is 8.86. The van der Waals surface area contributed by atoms with Gasteiger partial charge in [-0.2, -0.15) is 13.9 Å². The average molecular weight is 509 g/mol. The summed E-state index contributed by atoms with van der Waals surface area (Å²) >= 11 is 5.97. The first kappa shape index (κ1) is 26.2. The minimum absolute atomic E-state index is 0.0230. The fourth-order valence-electron chi connectivity index (χ4n) is 3.63. The molecule has 0 spiro atoms. The topological polar surface area (TPSA) is 110 Å². The molecule has 186 valence electrons. The third-order valence-electron chi connectivity index (χ3n) is 5.72. The molecule has 3 rings (SSSR count). The predicted octanol–water partition coefficient (Wildman–Crippen LogP) is 4.52. The van der Waals surface area contributed by atoms with E-state index in [1.807, 2.05) is 0 Å². The van der Waals surface area contributed by atoms with Crippen LogP contribution in [0.25, 0.3) is 11.1 Å². The smallest absolute Gasteiger partial charge is 0.333 e. The van der Waals surface area contributed by atoms with Gasteiger partial charge in [0.2, 0.25) is 0 Å². The predicted molar refractivity (Wildman–Crippen MR) is 125 cm³/mol. The second kappa shape index (κ2) is 10.9. The molecule has 0 bridgehead atoms. The lowest BCUT2D eigenvalue weighted by molar-refractivity contribution is -0.148. The first-order valence-corrected chi connectivity index (χ1v) is 11.0. The molecule has 7 nitrogen and oxygen atoms in total. The molecule has 0 aliphatic carbocycles. The first-order valence-electron chi connectivity index (χ1n) is 10.6. The van der Waals surface area contributed by atoms with E-state index in [9.17, 15) is 27.9 Å². The van der Waals surface area contributed by atoms with Gasteiger partial charge in [0.05, 0.1) is 5.41 Å². The Bertz CT molecular complexity index is 1200. The Morgan fingerprint density at radius 2 is 1.89 bits per heavy atom. The Hall–Kier alpha value is -3.37. The van der Waals surface area contributed by atoms with Crippen molar-refractivity contribution in [2.24, 2.45) is 11.1 Å². The van der Waals surface area contributed by atoms with E-state index in [2.05, 4.69) is 10.4 Å². The molecule has 0 saturated heterocycles. The maximum absolute atomic E-state index is 14.2. The molecule has 1 amide bonds. The number of benzene rings is 2. The van der Waals surface area contributed by atoms with E-state index in [0.29, 0.717) is 20.8 Å². The lowest BCUT2D eigenvalue weighted by Crippen LogP contribution is -2.45. The molecule has 0 saturated carbocycles. The average Bonchev–Trinajstić information content (AvgIpc) is 3.32. The molecule has 4 N–H and O–H groups in total. The van der Waals surface area contributed by atoms with Gasteiger partial charge in [0.1, 0.15) is 11.5 Å². The number of nitrogens with zero attached hydrogens (tertiary/aromatic N) is 2. The zero-order chi connectivity index (χ0) is 25.8. The molecule has 0 aliphatic heterocycles. The summed E-state index contributed by atoms with van der Waals surface area (Å²) in [5.41, 5.74) is 5.76. The van der Waals surface area contributed by atoms with Crippen LogP contribution in [-0.4, -0.2) is 39.4 Å². The molecule has 0 fully saturated rings. The van der Waals surface area contributed by atoms with E-state index in [0.717, 1.165) is 17.8 Å². The van der Waals surface area contributed by atoms with Crippen molar-refractivity contribution in [3.05, 3.63) is 76.8 Å². The molecule has 0 aliphatic rings. The van der Waals surface area contributed by atoms with E-state index < -0.39 is 35.7 Å². The number of nitrogens with two attached hydrogens (primary N) is 1. The van der Waals surface area contributed by atoms with Gasteiger partial charge in [-0.15, -0.1) is 0 Å². The summed E-state index contributed by atoms with van der Waals surface area (Å²) in [7, 11) is 0. The Balaban J connectivity index is 1.83. The first-order chi connectivity index (χ1) is 16.5. The number of amides is 1. The van der Waals surface area contributed by atoms with Gasteiger partial charge in [0.15, 0.2) is 0 Å². The van der Waals surface area contributed by atoms with E-state index in [-0.39, 0.29) is 25.1 Å². The normalized spacial score (nSPS) is 13.9. The van der Waals surface area contributed by atoms with Gasteiger partial charge in [0, 0.05) is 29.4 Å². The molecular formula is C24H24ClF3N4O3. The molecule has 2 aromatic carbocycles. The van der Waals surface area contributed by atoms with Crippen LogP contribution < -0.4 is 11.1 Å². The molecule has 1 heterocycles. The van der Waals surface area contributed by atoms with Gasteiger partial charge < -0.3 is 16.2 Å². The highest BCUT2D eigenvalue weighted by molar-refractivity contribution is 6.30. The van der Waals surface area contributed by atoms with Crippen LogP contribution in [0.5, 0.6) is 0 Å². The van der Waals surface area contributed by atoms with Gasteiger partial charge in [-0.3, -0.25) is 9.59 Å². The molecule has 1 aromatic heterocycles. The van der Waals surface area contributed by atoms with E-state index >= 15 is 0 Å². The Kier molecular flexibility index (Phi) is 8.18. The van der Waals surface area contributed by atoms with Crippen LogP contribution >= 0.6 is 11.6 Å². The molecule has 2 atom stereocenters. The van der Waals surface area contributed by atoms with Crippen molar-refractivity contribution in [1.29, 1.82) is 0 Å². The molecule has 11 heteroatoms. The maximum atomic E-state index is 14.2. The van der Waals surface area contributed by atoms with Gasteiger partial charge >= 0.3 is 12.5 Å². The lowest BCUT2D eigenvalue weighted by atomic mass is 9.82. The number of aromatic nitrogens is 2. The number of nitrogens with one attached hydrogen (secondary N) is 1. The fraction of sp³-hybridized carbons (Fsp3) is 0.292. The largest absolute Gasteiger partial charge is 0.481 e. The van der Waals surface area contributed by atoms with Crippen molar-refractivity contribution in [2.75, 3.05) is 6.54 Å². The quantitative estimate of drug-likeness (QED) is 0.373. The number of rotatable bonds is 10. The number of hydrogen-bond acceptors (Lipinski definition) is 4.